The molecule has 8 N–H and O–H groups in total. The van der Waals surface area contributed by atoms with Gasteiger partial charge in [0.1, 0.15) is 60.1 Å². The smallest absolute Gasteiger partial charge is 0.219 e. The number of carbonyl (C=O) groups excluding carboxylic acids is 4. The van der Waals surface area contributed by atoms with Crippen molar-refractivity contribution in [3.05, 3.63) is 0 Å². The van der Waals surface area contributed by atoms with Gasteiger partial charge >= 0.3 is 0 Å². The predicted octanol–water partition coefficient (Wildman–Crippen LogP) is -2.31. The van der Waals surface area contributed by atoms with Crippen LogP contribution in [0.4, 0.5) is 0 Å². The number of amides is 1. The van der Waals surface area contributed by atoms with E-state index in [1.54, 1.807) is 0 Å². The van der Waals surface area contributed by atoms with E-state index in [9.17, 15) is 54.9 Å². The summed E-state index contributed by atoms with van der Waals surface area (Å²) < 4.78 is 21.6. The molecule has 0 aromatic heterocycles. The van der Waals surface area contributed by atoms with Crippen molar-refractivity contribution in [3.8, 4) is 0 Å². The van der Waals surface area contributed by atoms with Crippen LogP contribution in [-0.2, 0) is 38.1 Å². The normalized spacial score (nSPS) is 30.0. The van der Waals surface area contributed by atoms with Gasteiger partial charge in [-0.2, -0.15) is 0 Å². The van der Waals surface area contributed by atoms with Crippen LogP contribution in [0.15, 0.2) is 0 Å². The first-order valence-corrected chi connectivity index (χ1v) is 17.6. The highest BCUT2D eigenvalue weighted by Gasteiger charge is 2.44. The Bertz CT molecular complexity index is 1030. The molecule has 0 aromatic carbocycles. The molecule has 290 valence electrons. The van der Waals surface area contributed by atoms with Crippen LogP contribution in [0, 0.1) is 0 Å². The molecular formula is C33H58N2O15. The Balaban J connectivity index is 1.82. The molecule has 17 heteroatoms. The number of Topliss-reactive ketones (excluding diaryl/α,β-unsaturated/α-hetero) is 3. The maximum absolute atomic E-state index is 12.9. The molecule has 50 heavy (non-hydrogen) atoms. The van der Waals surface area contributed by atoms with Gasteiger partial charge in [-0.15, -0.1) is 0 Å². The molecule has 0 unspecified atom stereocenters. The first-order chi connectivity index (χ1) is 23.8. The average molecular weight is 723 g/mol. The van der Waals surface area contributed by atoms with E-state index in [1.807, 2.05) is 6.92 Å². The Hall–Kier alpha value is -2.00. The van der Waals surface area contributed by atoms with Crippen molar-refractivity contribution in [2.24, 2.45) is 0 Å². The SMILES string of the molecule is CCNC(=O)CCCCCCC(=O)CN(CC(=O)CCCO[C@H]1O[C@H](CO)[C@@H](O)[C@H](O)[C@@H]1O)CC(=O)CCCO[C@@H]1O[C@@H](C)[C@@H](O)[C@@H](O)[C@@H]1O. The van der Waals surface area contributed by atoms with E-state index in [1.165, 1.54) is 11.8 Å². The zero-order valence-corrected chi connectivity index (χ0v) is 29.1. The van der Waals surface area contributed by atoms with Gasteiger partial charge in [-0.25, -0.2) is 0 Å². The lowest BCUT2D eigenvalue weighted by molar-refractivity contribution is -0.301. The van der Waals surface area contributed by atoms with Gasteiger partial charge in [-0.05, 0) is 39.5 Å². The number of hydrogen-bond acceptors (Lipinski definition) is 16. The number of ether oxygens (including phenoxy) is 4. The molecule has 2 rings (SSSR count). The minimum Gasteiger partial charge on any atom is -0.394 e. The van der Waals surface area contributed by atoms with Crippen molar-refractivity contribution in [1.82, 2.24) is 10.2 Å². The van der Waals surface area contributed by atoms with Crippen LogP contribution in [0.2, 0.25) is 0 Å². The van der Waals surface area contributed by atoms with E-state index in [4.69, 9.17) is 18.9 Å². The van der Waals surface area contributed by atoms with Crippen LogP contribution in [0.25, 0.3) is 0 Å². The number of unbranched alkanes of at least 4 members (excludes halogenated alkanes) is 3. The highest BCUT2D eigenvalue weighted by atomic mass is 16.7. The number of aliphatic hydroxyl groups excluding tert-OH is 7. The van der Waals surface area contributed by atoms with Crippen molar-refractivity contribution in [2.45, 2.75) is 139 Å². The van der Waals surface area contributed by atoms with E-state index < -0.39 is 68.0 Å². The minimum atomic E-state index is -1.59. The molecule has 2 fully saturated rings. The predicted molar refractivity (Wildman–Crippen MR) is 174 cm³/mol. The molecule has 2 aliphatic rings. The van der Waals surface area contributed by atoms with E-state index in [0.29, 0.717) is 25.8 Å². The van der Waals surface area contributed by atoms with Gasteiger partial charge in [0, 0.05) is 32.2 Å². The van der Waals surface area contributed by atoms with Crippen LogP contribution >= 0.6 is 0 Å². The highest BCUT2D eigenvalue weighted by molar-refractivity contribution is 5.86. The van der Waals surface area contributed by atoms with Crippen LogP contribution in [0.1, 0.15) is 78.1 Å². The van der Waals surface area contributed by atoms with Crippen molar-refractivity contribution in [2.75, 3.05) is 46.0 Å². The summed E-state index contributed by atoms with van der Waals surface area (Å²) in [5.74, 6) is -0.662. The molecule has 2 saturated heterocycles. The van der Waals surface area contributed by atoms with Gasteiger partial charge in [-0.3, -0.25) is 24.1 Å². The second-order valence-corrected chi connectivity index (χ2v) is 13.0. The van der Waals surface area contributed by atoms with Crippen LogP contribution in [0.5, 0.6) is 0 Å². The van der Waals surface area contributed by atoms with E-state index >= 15 is 0 Å². The summed E-state index contributed by atoms with van der Waals surface area (Å²) in [6, 6.07) is 0. The molecule has 0 saturated carbocycles. The number of aliphatic hydroxyl groups is 7. The van der Waals surface area contributed by atoms with Crippen molar-refractivity contribution in [3.63, 3.8) is 0 Å². The molecule has 0 aliphatic carbocycles. The molecule has 1 amide bonds. The minimum absolute atomic E-state index is 0.00583. The molecule has 0 bridgehead atoms. The molecule has 10 atom stereocenters. The number of nitrogens with zero attached hydrogens (tertiary/aromatic N) is 1. The molecule has 0 spiro atoms. The van der Waals surface area contributed by atoms with Crippen LogP contribution in [-0.4, -0.2) is 171 Å². The summed E-state index contributed by atoms with van der Waals surface area (Å²) in [7, 11) is 0. The zero-order chi connectivity index (χ0) is 37.2. The zero-order valence-electron chi connectivity index (χ0n) is 29.1. The standard InChI is InChI=1S/C33H58N2O15/c1-3-34-25(40)13-7-5-4-6-10-21(37)16-35(17-22(38)11-8-14-47-32-30(45)28(43)26(41)20(2)49-32)18-23(39)12-9-15-48-33-31(46)29(44)27(42)24(19-36)50-33/h20,24,26-33,36,41-46H,3-19H2,1-2H3,(H,34,40)/t20-,24+,26+,27+,28+,29-,30-,31-,32+,33-/m0/s1. The van der Waals surface area contributed by atoms with Crippen molar-refractivity contribution < 1.29 is 73.9 Å². The third-order valence-corrected chi connectivity index (χ3v) is 8.60. The van der Waals surface area contributed by atoms with Gasteiger partial charge in [-0.1, -0.05) is 12.8 Å². The number of rotatable bonds is 25. The van der Waals surface area contributed by atoms with E-state index in [0.717, 1.165) is 12.8 Å². The van der Waals surface area contributed by atoms with Crippen molar-refractivity contribution in [1.29, 1.82) is 0 Å². The third kappa shape index (κ3) is 15.3. The lowest BCUT2D eigenvalue weighted by Crippen LogP contribution is -2.59. The molecule has 2 aliphatic heterocycles. The Kier molecular flexibility index (Phi) is 20.8. The maximum atomic E-state index is 12.9. The maximum Gasteiger partial charge on any atom is 0.219 e. The Labute approximate surface area is 292 Å². The Morgan fingerprint density at radius 3 is 1.58 bits per heavy atom. The average Bonchev–Trinajstić information content (AvgIpc) is 3.07. The fourth-order valence-electron chi connectivity index (χ4n) is 5.69. The second-order valence-electron chi connectivity index (χ2n) is 13.0. The van der Waals surface area contributed by atoms with Gasteiger partial charge in [0.15, 0.2) is 12.6 Å². The first kappa shape index (κ1) is 44.2. The lowest BCUT2D eigenvalue weighted by Gasteiger charge is -2.39. The van der Waals surface area contributed by atoms with E-state index in [2.05, 4.69) is 5.32 Å². The summed E-state index contributed by atoms with van der Waals surface area (Å²) in [6.45, 7) is 2.84. The number of nitrogens with one attached hydrogen (secondary N) is 1. The Morgan fingerprint density at radius 2 is 1.08 bits per heavy atom. The second kappa shape index (κ2) is 23.5. The fraction of sp³-hybridized carbons (Fsp3) is 0.879. The fourth-order valence-corrected chi connectivity index (χ4v) is 5.69. The summed E-state index contributed by atoms with van der Waals surface area (Å²) in [6.07, 6.45) is -9.21. The molecule has 0 aromatic rings. The highest BCUT2D eigenvalue weighted by Crippen LogP contribution is 2.23. The number of carbonyl (C=O) groups is 4. The van der Waals surface area contributed by atoms with Gasteiger partial charge < -0.3 is 60.0 Å². The first-order valence-electron chi connectivity index (χ1n) is 17.6. The molecule has 2 heterocycles. The molecule has 0 radical (unpaired) electrons. The summed E-state index contributed by atoms with van der Waals surface area (Å²) >= 11 is 0. The van der Waals surface area contributed by atoms with E-state index in [-0.39, 0.29) is 88.2 Å². The molecular weight excluding hydrogens is 664 g/mol. The quantitative estimate of drug-likeness (QED) is 0.0461. The summed E-state index contributed by atoms with van der Waals surface area (Å²) in [4.78, 5) is 51.6. The van der Waals surface area contributed by atoms with Gasteiger partial charge in [0.05, 0.1) is 45.6 Å². The van der Waals surface area contributed by atoms with Gasteiger partial charge in [0.25, 0.3) is 0 Å². The summed E-state index contributed by atoms with van der Waals surface area (Å²) in [5.41, 5.74) is 0. The third-order valence-electron chi connectivity index (χ3n) is 8.60. The monoisotopic (exact) mass is 722 g/mol. The lowest BCUT2D eigenvalue weighted by atomic mass is 9.99. The largest absolute Gasteiger partial charge is 0.394 e. The van der Waals surface area contributed by atoms with Gasteiger partial charge in [0.2, 0.25) is 5.91 Å². The van der Waals surface area contributed by atoms with Crippen molar-refractivity contribution >= 4 is 23.3 Å². The molecule has 17 nitrogen and oxygen atoms in total. The van der Waals surface area contributed by atoms with Crippen LogP contribution < -0.4 is 5.32 Å². The topological polar surface area (TPSA) is 262 Å². The Morgan fingerprint density at radius 1 is 0.620 bits per heavy atom. The summed E-state index contributed by atoms with van der Waals surface area (Å²) in [5, 5.41) is 71.8. The number of ketones is 3. The van der Waals surface area contributed by atoms with Crippen LogP contribution in [0.3, 0.4) is 0 Å². The number of hydrogen-bond donors (Lipinski definition) is 8.